The maximum Gasteiger partial charge on any atom is 0.340 e. The number of halogens is 1. The van der Waals surface area contributed by atoms with Gasteiger partial charge in [-0.1, -0.05) is 29.8 Å². The van der Waals surface area contributed by atoms with Crippen molar-refractivity contribution in [2.45, 2.75) is 0 Å². The Hall–Kier alpha value is -3.06. The summed E-state index contributed by atoms with van der Waals surface area (Å²) >= 11 is 5.73. The third kappa shape index (κ3) is 4.72. The number of nitrogens with one attached hydrogen (secondary N) is 2. The summed E-state index contributed by atoms with van der Waals surface area (Å²) in [6.07, 6.45) is 0. The number of hydrogen-bond donors (Lipinski definition) is 3. The molecule has 0 aromatic heterocycles. The maximum absolute atomic E-state index is 11.8. The van der Waals surface area contributed by atoms with Gasteiger partial charge >= 0.3 is 5.97 Å². The number of rotatable bonds is 4. The molecule has 0 fully saturated rings. The van der Waals surface area contributed by atoms with E-state index in [0.29, 0.717) is 10.6 Å². The number of benzene rings is 2. The standard InChI is InChI=1S/C16H14ClN3O4/c17-11-6-7-12(13(18)8-11)16(23)24-9-14(21)19-20-15(22)10-4-2-1-3-5-10/h1-8H,9,18H2,(H,19,21)(H,20,22). The highest BCUT2D eigenvalue weighted by molar-refractivity contribution is 6.31. The predicted octanol–water partition coefficient (Wildman–Crippen LogP) is 1.54. The lowest BCUT2D eigenvalue weighted by atomic mass is 10.2. The van der Waals surface area contributed by atoms with Gasteiger partial charge in [-0.3, -0.25) is 20.4 Å². The van der Waals surface area contributed by atoms with Gasteiger partial charge in [-0.05, 0) is 30.3 Å². The molecule has 0 aliphatic heterocycles. The van der Waals surface area contributed by atoms with Crippen molar-refractivity contribution in [3.63, 3.8) is 0 Å². The molecule has 4 N–H and O–H groups in total. The van der Waals surface area contributed by atoms with Crippen LogP contribution in [-0.4, -0.2) is 24.4 Å². The zero-order chi connectivity index (χ0) is 17.5. The molecule has 0 aliphatic rings. The van der Waals surface area contributed by atoms with E-state index in [4.69, 9.17) is 22.1 Å². The topological polar surface area (TPSA) is 111 Å². The van der Waals surface area contributed by atoms with Crippen LogP contribution in [0.4, 0.5) is 5.69 Å². The molecule has 7 nitrogen and oxygen atoms in total. The normalized spacial score (nSPS) is 9.88. The molecule has 2 amide bonds. The van der Waals surface area contributed by atoms with Gasteiger partial charge in [0.15, 0.2) is 6.61 Å². The van der Waals surface area contributed by atoms with Crippen molar-refractivity contribution in [1.82, 2.24) is 10.9 Å². The van der Waals surface area contributed by atoms with E-state index in [1.54, 1.807) is 30.3 Å². The first-order valence-corrected chi connectivity index (χ1v) is 7.21. The molecule has 0 aliphatic carbocycles. The average molecular weight is 348 g/mol. The molecular formula is C16H14ClN3O4. The van der Waals surface area contributed by atoms with Crippen molar-refractivity contribution in [1.29, 1.82) is 0 Å². The van der Waals surface area contributed by atoms with Gasteiger partial charge in [0, 0.05) is 16.3 Å². The van der Waals surface area contributed by atoms with Gasteiger partial charge in [0.05, 0.1) is 5.56 Å². The molecule has 0 unspecified atom stereocenters. The van der Waals surface area contributed by atoms with E-state index in [1.807, 2.05) is 0 Å². The second-order valence-electron chi connectivity index (χ2n) is 4.68. The molecular weight excluding hydrogens is 334 g/mol. The van der Waals surface area contributed by atoms with Crippen LogP contribution in [0.2, 0.25) is 5.02 Å². The van der Waals surface area contributed by atoms with Gasteiger partial charge in [-0.15, -0.1) is 0 Å². The molecule has 0 radical (unpaired) electrons. The van der Waals surface area contributed by atoms with Crippen LogP contribution in [-0.2, 0) is 9.53 Å². The van der Waals surface area contributed by atoms with Crippen LogP contribution < -0.4 is 16.6 Å². The highest BCUT2D eigenvalue weighted by Gasteiger charge is 2.14. The second kappa shape index (κ2) is 7.98. The summed E-state index contributed by atoms with van der Waals surface area (Å²) in [7, 11) is 0. The summed E-state index contributed by atoms with van der Waals surface area (Å²) in [4.78, 5) is 35.1. The number of anilines is 1. The number of esters is 1. The van der Waals surface area contributed by atoms with Crippen LogP contribution in [0.1, 0.15) is 20.7 Å². The maximum atomic E-state index is 11.8. The third-order valence-corrected chi connectivity index (χ3v) is 3.15. The SMILES string of the molecule is Nc1cc(Cl)ccc1C(=O)OCC(=O)NNC(=O)c1ccccc1. The molecule has 2 aromatic rings. The van der Waals surface area contributed by atoms with Crippen LogP contribution in [0.3, 0.4) is 0 Å². The lowest BCUT2D eigenvalue weighted by Gasteiger charge is -2.09. The van der Waals surface area contributed by atoms with E-state index in [-0.39, 0.29) is 11.3 Å². The van der Waals surface area contributed by atoms with Crippen molar-refractivity contribution in [3.05, 3.63) is 64.7 Å². The zero-order valence-electron chi connectivity index (χ0n) is 12.4. The molecule has 0 heterocycles. The summed E-state index contributed by atoms with van der Waals surface area (Å²) < 4.78 is 4.82. The minimum absolute atomic E-state index is 0.0977. The van der Waals surface area contributed by atoms with Gasteiger partial charge < -0.3 is 10.5 Å². The van der Waals surface area contributed by atoms with Crippen LogP contribution in [0.15, 0.2) is 48.5 Å². The predicted molar refractivity (Wildman–Crippen MR) is 88.2 cm³/mol. The molecule has 2 aromatic carbocycles. The van der Waals surface area contributed by atoms with Crippen molar-refractivity contribution in [3.8, 4) is 0 Å². The number of nitrogens with two attached hydrogens (primary N) is 1. The van der Waals surface area contributed by atoms with E-state index < -0.39 is 24.4 Å². The van der Waals surface area contributed by atoms with Crippen molar-refractivity contribution >= 4 is 35.1 Å². The Labute approximate surface area is 142 Å². The highest BCUT2D eigenvalue weighted by Crippen LogP contribution is 2.18. The third-order valence-electron chi connectivity index (χ3n) is 2.92. The number of hydrogen-bond acceptors (Lipinski definition) is 5. The second-order valence-corrected chi connectivity index (χ2v) is 5.11. The first-order chi connectivity index (χ1) is 11.5. The fraction of sp³-hybridized carbons (Fsp3) is 0.0625. The molecule has 24 heavy (non-hydrogen) atoms. The van der Waals surface area contributed by atoms with Crippen molar-refractivity contribution in [2.24, 2.45) is 0 Å². The van der Waals surface area contributed by atoms with Gasteiger partial charge in [0.25, 0.3) is 11.8 Å². The molecule has 0 spiro atoms. The van der Waals surface area contributed by atoms with Gasteiger partial charge in [-0.2, -0.15) is 0 Å². The van der Waals surface area contributed by atoms with Crippen LogP contribution in [0.5, 0.6) is 0 Å². The van der Waals surface area contributed by atoms with Crippen LogP contribution >= 0.6 is 11.6 Å². The number of carbonyl (C=O) groups is 3. The van der Waals surface area contributed by atoms with Crippen LogP contribution in [0, 0.1) is 0 Å². The lowest BCUT2D eigenvalue weighted by Crippen LogP contribution is -2.43. The number of hydrazine groups is 1. The first-order valence-electron chi connectivity index (χ1n) is 6.84. The van der Waals surface area contributed by atoms with Gasteiger partial charge in [-0.25, -0.2) is 4.79 Å². The average Bonchev–Trinajstić information content (AvgIpc) is 2.58. The zero-order valence-corrected chi connectivity index (χ0v) is 13.2. The lowest BCUT2D eigenvalue weighted by molar-refractivity contribution is -0.125. The summed E-state index contributed by atoms with van der Waals surface area (Å²) in [5.74, 6) is -1.95. The van der Waals surface area contributed by atoms with E-state index in [1.165, 1.54) is 18.2 Å². The number of ether oxygens (including phenoxy) is 1. The summed E-state index contributed by atoms with van der Waals surface area (Å²) in [5.41, 5.74) is 10.6. The molecule has 0 saturated carbocycles. The largest absolute Gasteiger partial charge is 0.452 e. The highest BCUT2D eigenvalue weighted by atomic mass is 35.5. The monoisotopic (exact) mass is 347 g/mol. The van der Waals surface area contributed by atoms with E-state index in [9.17, 15) is 14.4 Å². The Morgan fingerprint density at radius 2 is 1.75 bits per heavy atom. The summed E-state index contributed by atoms with van der Waals surface area (Å²) in [6, 6.07) is 12.6. The first kappa shape index (κ1) is 17.3. The smallest absolute Gasteiger partial charge is 0.340 e. The fourth-order valence-corrected chi connectivity index (χ4v) is 1.93. The molecule has 0 atom stereocenters. The number of carbonyl (C=O) groups excluding carboxylic acids is 3. The van der Waals surface area contributed by atoms with Crippen molar-refractivity contribution < 1.29 is 19.1 Å². The van der Waals surface area contributed by atoms with E-state index in [2.05, 4.69) is 10.9 Å². The van der Waals surface area contributed by atoms with Gasteiger partial charge in [0.1, 0.15) is 0 Å². The minimum Gasteiger partial charge on any atom is -0.452 e. The van der Waals surface area contributed by atoms with E-state index in [0.717, 1.165) is 0 Å². The van der Waals surface area contributed by atoms with Gasteiger partial charge in [0.2, 0.25) is 0 Å². The van der Waals surface area contributed by atoms with E-state index >= 15 is 0 Å². The Morgan fingerprint density at radius 1 is 1.04 bits per heavy atom. The summed E-state index contributed by atoms with van der Waals surface area (Å²) in [5, 5.41) is 0.380. The van der Waals surface area contributed by atoms with Crippen LogP contribution in [0.25, 0.3) is 0 Å². The molecule has 0 saturated heterocycles. The summed E-state index contributed by atoms with van der Waals surface area (Å²) in [6.45, 7) is -0.573. The molecule has 2 rings (SSSR count). The Kier molecular flexibility index (Phi) is 5.75. The number of amides is 2. The molecule has 124 valence electrons. The molecule has 8 heteroatoms. The minimum atomic E-state index is -0.770. The Morgan fingerprint density at radius 3 is 2.42 bits per heavy atom. The molecule has 0 bridgehead atoms. The quantitative estimate of drug-likeness (QED) is 0.441. The van der Waals surface area contributed by atoms with Crippen molar-refractivity contribution in [2.75, 3.05) is 12.3 Å². The fourth-order valence-electron chi connectivity index (χ4n) is 1.75. The Bertz CT molecular complexity index is 765. The number of nitrogen functional groups attached to an aromatic ring is 1. The Balaban J connectivity index is 1.80.